The van der Waals surface area contributed by atoms with Crippen molar-refractivity contribution in [2.24, 2.45) is 0 Å². The van der Waals surface area contributed by atoms with Crippen molar-refractivity contribution in [2.75, 3.05) is 20.6 Å². The lowest BCUT2D eigenvalue weighted by Crippen LogP contribution is -2.32. The summed E-state index contributed by atoms with van der Waals surface area (Å²) in [5.74, 6) is 0.0772. The first-order valence-electron chi connectivity index (χ1n) is 5.92. The highest BCUT2D eigenvalue weighted by Crippen LogP contribution is 2.15. The predicted octanol–water partition coefficient (Wildman–Crippen LogP) is 1.41. The Balaban J connectivity index is 2.06. The number of rotatable bonds is 4. The molecule has 0 fully saturated rings. The number of hydrogen-bond acceptors (Lipinski definition) is 3. The highest BCUT2D eigenvalue weighted by molar-refractivity contribution is 5.82. The van der Waals surface area contributed by atoms with Crippen molar-refractivity contribution >= 4 is 16.8 Å². The number of nitrogens with zero attached hydrogens (tertiary/aromatic N) is 2. The summed E-state index contributed by atoms with van der Waals surface area (Å²) < 4.78 is 0. The van der Waals surface area contributed by atoms with Crippen molar-refractivity contribution in [3.8, 4) is 0 Å². The summed E-state index contributed by atoms with van der Waals surface area (Å²) in [5.41, 5.74) is 2.14. The summed E-state index contributed by atoms with van der Waals surface area (Å²) in [6.45, 7) is 1.02. The highest BCUT2D eigenvalue weighted by atomic mass is 16.2. The summed E-state index contributed by atoms with van der Waals surface area (Å²) >= 11 is 0. The van der Waals surface area contributed by atoms with E-state index >= 15 is 0 Å². The van der Waals surface area contributed by atoms with Crippen LogP contribution in [0.4, 0.5) is 0 Å². The Bertz CT molecular complexity index is 546. The number of benzene rings is 1. The van der Waals surface area contributed by atoms with E-state index in [1.54, 1.807) is 25.2 Å². The van der Waals surface area contributed by atoms with Crippen molar-refractivity contribution in [1.82, 2.24) is 15.2 Å². The van der Waals surface area contributed by atoms with Gasteiger partial charge in [-0.05, 0) is 17.7 Å². The van der Waals surface area contributed by atoms with E-state index in [-0.39, 0.29) is 5.91 Å². The quantitative estimate of drug-likeness (QED) is 0.883. The van der Waals surface area contributed by atoms with Gasteiger partial charge in [-0.15, -0.1) is 0 Å². The minimum absolute atomic E-state index is 0.0772. The lowest BCUT2D eigenvalue weighted by Gasteiger charge is -2.11. The number of hydrogen-bond donors (Lipinski definition) is 1. The molecule has 1 heterocycles. The van der Waals surface area contributed by atoms with Crippen molar-refractivity contribution in [1.29, 1.82) is 0 Å². The first kappa shape index (κ1) is 12.5. The lowest BCUT2D eigenvalue weighted by atomic mass is 10.1. The number of nitrogens with one attached hydrogen (secondary N) is 1. The average Bonchev–Trinajstić information content (AvgIpc) is 2.38. The molecule has 1 amide bonds. The Morgan fingerprint density at radius 1 is 1.28 bits per heavy atom. The molecular weight excluding hydrogens is 226 g/mol. The summed E-state index contributed by atoms with van der Waals surface area (Å²) in [5, 5.41) is 4.29. The zero-order chi connectivity index (χ0) is 13.0. The Kier molecular flexibility index (Phi) is 3.89. The van der Waals surface area contributed by atoms with Gasteiger partial charge in [-0.3, -0.25) is 9.78 Å². The molecule has 0 saturated carbocycles. The molecular formula is C14H17N3O. The molecule has 1 N–H and O–H groups in total. The van der Waals surface area contributed by atoms with Crippen LogP contribution >= 0.6 is 0 Å². The molecule has 94 valence electrons. The highest BCUT2D eigenvalue weighted by Gasteiger charge is 2.04. The topological polar surface area (TPSA) is 45.2 Å². The van der Waals surface area contributed by atoms with Crippen molar-refractivity contribution in [3.05, 3.63) is 42.1 Å². The second kappa shape index (κ2) is 5.60. The van der Waals surface area contributed by atoms with Gasteiger partial charge in [-0.2, -0.15) is 0 Å². The van der Waals surface area contributed by atoms with E-state index in [0.29, 0.717) is 13.1 Å². The zero-order valence-electron chi connectivity index (χ0n) is 10.7. The molecule has 0 saturated heterocycles. The van der Waals surface area contributed by atoms with Gasteiger partial charge in [0.1, 0.15) is 0 Å². The van der Waals surface area contributed by atoms with Gasteiger partial charge in [0.05, 0.1) is 12.1 Å². The van der Waals surface area contributed by atoms with Gasteiger partial charge in [0, 0.05) is 32.2 Å². The van der Waals surface area contributed by atoms with Gasteiger partial charge in [0.2, 0.25) is 5.91 Å². The summed E-state index contributed by atoms with van der Waals surface area (Å²) in [6, 6.07) is 9.99. The van der Waals surface area contributed by atoms with Crippen LogP contribution in [0.3, 0.4) is 0 Å². The molecule has 4 heteroatoms. The third kappa shape index (κ3) is 2.84. The maximum Gasteiger partial charge on any atom is 0.236 e. The minimum Gasteiger partial charge on any atom is -0.348 e. The van der Waals surface area contributed by atoms with Crippen LogP contribution in [0.5, 0.6) is 0 Å². The zero-order valence-corrected chi connectivity index (χ0v) is 10.7. The van der Waals surface area contributed by atoms with Crippen LogP contribution in [0.2, 0.25) is 0 Å². The number of carbonyl (C=O) groups excluding carboxylic acids is 1. The van der Waals surface area contributed by atoms with Gasteiger partial charge >= 0.3 is 0 Å². The fourth-order valence-corrected chi connectivity index (χ4v) is 1.77. The average molecular weight is 243 g/mol. The molecule has 1 aromatic carbocycles. The van der Waals surface area contributed by atoms with Gasteiger partial charge in [0.15, 0.2) is 0 Å². The fourth-order valence-electron chi connectivity index (χ4n) is 1.77. The van der Waals surface area contributed by atoms with Crippen LogP contribution in [0, 0.1) is 0 Å². The van der Waals surface area contributed by atoms with Crippen LogP contribution in [-0.4, -0.2) is 36.4 Å². The number of para-hydroxylation sites is 1. The van der Waals surface area contributed by atoms with Gasteiger partial charge < -0.3 is 10.2 Å². The lowest BCUT2D eigenvalue weighted by molar-refractivity contribution is -0.127. The molecule has 0 unspecified atom stereocenters. The van der Waals surface area contributed by atoms with Crippen LogP contribution in [0.15, 0.2) is 36.5 Å². The Labute approximate surface area is 107 Å². The Morgan fingerprint density at radius 2 is 2.06 bits per heavy atom. The molecule has 0 bridgehead atoms. The van der Waals surface area contributed by atoms with Crippen LogP contribution in [0.25, 0.3) is 10.9 Å². The van der Waals surface area contributed by atoms with E-state index < -0.39 is 0 Å². The monoisotopic (exact) mass is 243 g/mol. The summed E-state index contributed by atoms with van der Waals surface area (Å²) in [7, 11) is 3.51. The number of amides is 1. The number of fused-ring (bicyclic) bond motifs is 1. The molecule has 4 nitrogen and oxygen atoms in total. The molecule has 0 atom stereocenters. The normalized spacial score (nSPS) is 10.6. The van der Waals surface area contributed by atoms with E-state index in [1.165, 1.54) is 0 Å². The molecule has 0 aliphatic carbocycles. The molecule has 0 aliphatic heterocycles. The molecule has 18 heavy (non-hydrogen) atoms. The minimum atomic E-state index is 0.0772. The standard InChI is InChI=1S/C14H17N3O/c1-17(2)14(18)10-15-9-11-7-8-16-13-6-4-3-5-12(11)13/h3-8,15H,9-10H2,1-2H3. The number of aromatic nitrogens is 1. The van der Waals surface area contributed by atoms with Gasteiger partial charge in [-0.25, -0.2) is 0 Å². The van der Waals surface area contributed by atoms with E-state index in [1.807, 2.05) is 30.3 Å². The Hall–Kier alpha value is -1.94. The maximum absolute atomic E-state index is 11.4. The summed E-state index contributed by atoms with van der Waals surface area (Å²) in [6.07, 6.45) is 1.80. The number of pyridine rings is 1. The largest absolute Gasteiger partial charge is 0.348 e. The van der Waals surface area contributed by atoms with E-state index in [9.17, 15) is 4.79 Å². The molecule has 2 rings (SSSR count). The predicted molar refractivity (Wildman–Crippen MR) is 72.1 cm³/mol. The van der Waals surface area contributed by atoms with Crippen LogP contribution in [0.1, 0.15) is 5.56 Å². The van der Waals surface area contributed by atoms with Crippen molar-refractivity contribution in [3.63, 3.8) is 0 Å². The molecule has 0 aliphatic rings. The number of carbonyl (C=O) groups is 1. The van der Waals surface area contributed by atoms with Crippen molar-refractivity contribution < 1.29 is 4.79 Å². The fraction of sp³-hybridized carbons (Fsp3) is 0.286. The molecule has 0 spiro atoms. The first-order chi connectivity index (χ1) is 8.68. The maximum atomic E-state index is 11.4. The van der Waals surface area contributed by atoms with Crippen molar-refractivity contribution in [2.45, 2.75) is 6.54 Å². The molecule has 0 radical (unpaired) electrons. The van der Waals surface area contributed by atoms with E-state index in [2.05, 4.69) is 10.3 Å². The SMILES string of the molecule is CN(C)C(=O)CNCc1ccnc2ccccc12. The number of likely N-dealkylation sites (N-methyl/N-ethyl adjacent to an activating group) is 1. The second-order valence-electron chi connectivity index (χ2n) is 4.38. The molecule has 1 aromatic heterocycles. The first-order valence-corrected chi connectivity index (χ1v) is 5.92. The van der Waals surface area contributed by atoms with Crippen LogP contribution < -0.4 is 5.32 Å². The summed E-state index contributed by atoms with van der Waals surface area (Å²) in [4.78, 5) is 17.3. The third-order valence-electron chi connectivity index (χ3n) is 2.83. The smallest absolute Gasteiger partial charge is 0.236 e. The van der Waals surface area contributed by atoms with Crippen LogP contribution in [-0.2, 0) is 11.3 Å². The second-order valence-corrected chi connectivity index (χ2v) is 4.38. The third-order valence-corrected chi connectivity index (χ3v) is 2.83. The van der Waals surface area contributed by atoms with Gasteiger partial charge in [0.25, 0.3) is 0 Å². The van der Waals surface area contributed by atoms with E-state index in [0.717, 1.165) is 16.5 Å². The van der Waals surface area contributed by atoms with E-state index in [4.69, 9.17) is 0 Å². The molecule has 2 aromatic rings. The van der Waals surface area contributed by atoms with Gasteiger partial charge in [-0.1, -0.05) is 18.2 Å². The Morgan fingerprint density at radius 3 is 2.83 bits per heavy atom.